The van der Waals surface area contributed by atoms with Crippen molar-refractivity contribution in [2.45, 2.75) is 26.7 Å². The summed E-state index contributed by atoms with van der Waals surface area (Å²) in [6.07, 6.45) is 3.46. The van der Waals surface area contributed by atoms with Crippen LogP contribution >= 0.6 is 0 Å². The molecule has 0 unspecified atom stereocenters. The first kappa shape index (κ1) is 25.5. The van der Waals surface area contributed by atoms with Gasteiger partial charge in [0.2, 0.25) is 0 Å². The molecule has 0 saturated carbocycles. The van der Waals surface area contributed by atoms with Crippen molar-refractivity contribution in [3.63, 3.8) is 0 Å². The summed E-state index contributed by atoms with van der Waals surface area (Å²) in [5.41, 5.74) is 2.32. The van der Waals surface area contributed by atoms with Crippen LogP contribution in [0.1, 0.15) is 36.5 Å². The maximum atomic E-state index is 13.4. The smallest absolute Gasteiger partial charge is 0.254 e. The molecule has 4 aromatic rings. The Morgan fingerprint density at radius 2 is 1.68 bits per heavy atom. The van der Waals surface area contributed by atoms with E-state index in [-0.39, 0.29) is 5.91 Å². The van der Waals surface area contributed by atoms with Gasteiger partial charge in [-0.25, -0.2) is 14.6 Å². The van der Waals surface area contributed by atoms with E-state index in [0.29, 0.717) is 42.6 Å². The Hall–Kier alpha value is -4.14. The summed E-state index contributed by atoms with van der Waals surface area (Å²) < 4.78 is 12.6. The minimum atomic E-state index is -0.0331. The quantitative estimate of drug-likeness (QED) is 0.362. The van der Waals surface area contributed by atoms with Gasteiger partial charge in [0, 0.05) is 44.2 Å². The van der Waals surface area contributed by atoms with Crippen LogP contribution in [0.3, 0.4) is 0 Å². The molecule has 1 amide bonds. The Balaban J connectivity index is 1.44. The molecule has 1 aliphatic rings. The number of fused-ring (bicyclic) bond motifs is 1. The van der Waals surface area contributed by atoms with Gasteiger partial charge in [0.15, 0.2) is 5.65 Å². The number of aromatic nitrogens is 4. The summed E-state index contributed by atoms with van der Waals surface area (Å²) in [5.74, 6) is 3.27. The van der Waals surface area contributed by atoms with Gasteiger partial charge in [0.1, 0.15) is 23.1 Å². The first-order chi connectivity index (χ1) is 18.5. The van der Waals surface area contributed by atoms with E-state index >= 15 is 0 Å². The first-order valence-corrected chi connectivity index (χ1v) is 13.0. The molecule has 1 aliphatic heterocycles. The van der Waals surface area contributed by atoms with E-state index in [1.165, 1.54) is 0 Å². The van der Waals surface area contributed by atoms with Crippen molar-refractivity contribution < 1.29 is 14.3 Å². The number of benzene rings is 2. The van der Waals surface area contributed by atoms with Crippen molar-refractivity contribution in [2.24, 2.45) is 5.92 Å². The molecule has 9 heteroatoms. The number of hydrogen-bond acceptors (Lipinski definition) is 7. The molecule has 0 spiro atoms. The summed E-state index contributed by atoms with van der Waals surface area (Å²) >= 11 is 0. The summed E-state index contributed by atoms with van der Waals surface area (Å²) in [6, 6.07) is 15.3. The third-order valence-electron chi connectivity index (χ3n) is 6.73. The average molecular weight is 515 g/mol. The molecular formula is C29H34N6O3. The van der Waals surface area contributed by atoms with Gasteiger partial charge in [-0.15, -0.1) is 0 Å². The van der Waals surface area contributed by atoms with E-state index < -0.39 is 0 Å². The van der Waals surface area contributed by atoms with Gasteiger partial charge in [-0.05, 0) is 36.6 Å². The molecule has 0 aliphatic carbocycles. The van der Waals surface area contributed by atoms with Crippen molar-refractivity contribution in [3.05, 3.63) is 66.1 Å². The number of hydrogen-bond donors (Lipinski definition) is 0. The molecule has 0 N–H and O–H groups in total. The fourth-order valence-electron chi connectivity index (χ4n) is 4.84. The minimum Gasteiger partial charge on any atom is -0.497 e. The predicted octanol–water partition coefficient (Wildman–Crippen LogP) is 4.38. The van der Waals surface area contributed by atoms with Gasteiger partial charge in [0.25, 0.3) is 5.91 Å². The number of nitrogens with zero attached hydrogens (tertiary/aromatic N) is 6. The average Bonchev–Trinajstić information content (AvgIpc) is 3.20. The third-order valence-corrected chi connectivity index (χ3v) is 6.73. The molecule has 0 atom stereocenters. The van der Waals surface area contributed by atoms with Crippen LogP contribution in [0, 0.1) is 5.92 Å². The maximum Gasteiger partial charge on any atom is 0.254 e. The number of para-hydroxylation sites is 1. The molecule has 1 fully saturated rings. The number of anilines is 1. The Bertz CT molecular complexity index is 1400. The van der Waals surface area contributed by atoms with Gasteiger partial charge >= 0.3 is 0 Å². The Kier molecular flexibility index (Phi) is 7.44. The van der Waals surface area contributed by atoms with Crippen molar-refractivity contribution >= 4 is 22.8 Å². The molecule has 2 aromatic carbocycles. The largest absolute Gasteiger partial charge is 0.497 e. The number of methoxy groups -OCH3 is 2. The summed E-state index contributed by atoms with van der Waals surface area (Å²) in [7, 11) is 3.17. The lowest BCUT2D eigenvalue weighted by Gasteiger charge is -2.24. The Labute approximate surface area is 223 Å². The van der Waals surface area contributed by atoms with E-state index in [1.807, 2.05) is 46.1 Å². The zero-order chi connectivity index (χ0) is 26.6. The molecule has 3 heterocycles. The van der Waals surface area contributed by atoms with E-state index in [9.17, 15) is 4.79 Å². The molecule has 9 nitrogen and oxygen atoms in total. The number of amides is 1. The number of carbonyl (C=O) groups is 1. The fourth-order valence-corrected chi connectivity index (χ4v) is 4.84. The molecule has 2 aromatic heterocycles. The highest BCUT2D eigenvalue weighted by molar-refractivity contribution is 5.95. The number of carbonyl (C=O) groups excluding carboxylic acids is 1. The van der Waals surface area contributed by atoms with Crippen molar-refractivity contribution in [1.29, 1.82) is 0 Å². The van der Waals surface area contributed by atoms with Crippen LogP contribution in [0.15, 0.2) is 54.7 Å². The zero-order valence-electron chi connectivity index (χ0n) is 22.4. The Morgan fingerprint density at radius 1 is 0.947 bits per heavy atom. The van der Waals surface area contributed by atoms with Crippen LogP contribution in [-0.2, 0) is 6.42 Å². The topological polar surface area (TPSA) is 85.6 Å². The van der Waals surface area contributed by atoms with Crippen molar-refractivity contribution in [3.8, 4) is 17.2 Å². The minimum absolute atomic E-state index is 0.0331. The van der Waals surface area contributed by atoms with Crippen LogP contribution in [0.25, 0.3) is 16.7 Å². The lowest BCUT2D eigenvalue weighted by atomic mass is 10.1. The van der Waals surface area contributed by atoms with E-state index in [0.717, 1.165) is 47.7 Å². The van der Waals surface area contributed by atoms with Gasteiger partial charge < -0.3 is 19.3 Å². The highest BCUT2D eigenvalue weighted by Gasteiger charge is 2.25. The lowest BCUT2D eigenvalue weighted by molar-refractivity contribution is 0.0766. The van der Waals surface area contributed by atoms with Gasteiger partial charge in [-0.1, -0.05) is 32.0 Å². The molecule has 5 rings (SSSR count). The van der Waals surface area contributed by atoms with Gasteiger partial charge in [-0.2, -0.15) is 5.10 Å². The monoisotopic (exact) mass is 514 g/mol. The first-order valence-electron chi connectivity index (χ1n) is 13.0. The van der Waals surface area contributed by atoms with E-state index in [2.05, 4.69) is 23.8 Å². The summed E-state index contributed by atoms with van der Waals surface area (Å²) in [4.78, 5) is 27.5. The van der Waals surface area contributed by atoms with Gasteiger partial charge in [-0.3, -0.25) is 4.79 Å². The molecule has 38 heavy (non-hydrogen) atoms. The van der Waals surface area contributed by atoms with Crippen molar-refractivity contribution in [2.75, 3.05) is 45.3 Å². The number of ether oxygens (including phenoxy) is 2. The SMILES string of the molecule is COc1cc(OC)cc(C(=O)N2CCCN(c3nc(CC(C)C)nc4c3cnn4-c3ccccc3)CC2)c1. The van der Waals surface area contributed by atoms with Crippen molar-refractivity contribution in [1.82, 2.24) is 24.6 Å². The lowest BCUT2D eigenvalue weighted by Crippen LogP contribution is -2.35. The van der Waals surface area contributed by atoms with Crippen LogP contribution in [0.4, 0.5) is 5.82 Å². The van der Waals surface area contributed by atoms with Crippen LogP contribution in [0.2, 0.25) is 0 Å². The highest BCUT2D eigenvalue weighted by Crippen LogP contribution is 2.28. The third kappa shape index (κ3) is 5.27. The zero-order valence-corrected chi connectivity index (χ0v) is 22.4. The fraction of sp³-hybridized carbons (Fsp3) is 0.379. The second-order valence-electron chi connectivity index (χ2n) is 9.92. The second-order valence-corrected chi connectivity index (χ2v) is 9.92. The van der Waals surface area contributed by atoms with E-state index in [4.69, 9.17) is 19.4 Å². The van der Waals surface area contributed by atoms with Gasteiger partial charge in [0.05, 0.1) is 31.5 Å². The maximum absolute atomic E-state index is 13.4. The van der Waals surface area contributed by atoms with Crippen LogP contribution in [-0.4, -0.2) is 71.0 Å². The van der Waals surface area contributed by atoms with Crippen LogP contribution in [0.5, 0.6) is 11.5 Å². The van der Waals surface area contributed by atoms with E-state index in [1.54, 1.807) is 32.4 Å². The highest BCUT2D eigenvalue weighted by atomic mass is 16.5. The Morgan fingerprint density at radius 3 is 2.37 bits per heavy atom. The molecule has 198 valence electrons. The molecule has 0 bridgehead atoms. The van der Waals surface area contributed by atoms with Crippen LogP contribution < -0.4 is 14.4 Å². The molecular weight excluding hydrogens is 480 g/mol. The second kappa shape index (κ2) is 11.1. The predicted molar refractivity (Wildman–Crippen MR) is 147 cm³/mol. The summed E-state index contributed by atoms with van der Waals surface area (Å²) in [5, 5.41) is 5.59. The molecule has 1 saturated heterocycles. The molecule has 0 radical (unpaired) electrons. The standard InChI is InChI=1S/C29H34N6O3/c1-20(2)15-26-31-27(25-19-30-35(28(25)32-26)22-9-6-5-7-10-22)33-11-8-12-34(14-13-33)29(36)21-16-23(37-3)18-24(17-21)38-4/h5-7,9-10,16-20H,8,11-15H2,1-4H3. The summed E-state index contributed by atoms with van der Waals surface area (Å²) in [6.45, 7) is 7.03. The normalized spacial score (nSPS) is 14.1. The number of rotatable bonds is 7.